The van der Waals surface area contributed by atoms with E-state index in [1.54, 1.807) is 36.1 Å². The molecule has 2 aromatic rings. The van der Waals surface area contributed by atoms with Gasteiger partial charge in [0.2, 0.25) is 15.9 Å². The van der Waals surface area contributed by atoms with E-state index in [9.17, 15) is 22.4 Å². The average molecular weight is 431 g/mol. The minimum absolute atomic E-state index is 0.195. The molecule has 0 aliphatic carbocycles. The van der Waals surface area contributed by atoms with Crippen LogP contribution in [0.5, 0.6) is 0 Å². The lowest BCUT2D eigenvalue weighted by atomic mass is 10.1. The molecule has 2 aromatic carbocycles. The molecule has 9 heteroatoms. The van der Waals surface area contributed by atoms with Crippen LogP contribution in [0.4, 0.5) is 15.8 Å². The number of anilines is 2. The number of nitrogens with zero attached hydrogens (tertiary/aromatic N) is 3. The van der Waals surface area contributed by atoms with Crippen molar-refractivity contribution in [3.05, 3.63) is 59.9 Å². The topological polar surface area (TPSA) is 78.0 Å². The third kappa shape index (κ3) is 3.77. The van der Waals surface area contributed by atoms with E-state index >= 15 is 0 Å². The van der Waals surface area contributed by atoms with Gasteiger partial charge in [0.15, 0.2) is 0 Å². The third-order valence-corrected chi connectivity index (χ3v) is 7.32. The molecule has 2 fully saturated rings. The molecule has 7 nitrogen and oxygen atoms in total. The van der Waals surface area contributed by atoms with Crippen molar-refractivity contribution in [1.82, 2.24) is 4.90 Å². The maximum Gasteiger partial charge on any atom is 0.254 e. The second-order valence-electron chi connectivity index (χ2n) is 7.59. The Kier molecular flexibility index (Phi) is 5.23. The summed E-state index contributed by atoms with van der Waals surface area (Å²) in [6, 6.07) is 12.4. The molecule has 158 valence electrons. The van der Waals surface area contributed by atoms with Gasteiger partial charge in [-0.2, -0.15) is 0 Å². The second kappa shape index (κ2) is 7.71. The molecule has 2 saturated heterocycles. The summed E-state index contributed by atoms with van der Waals surface area (Å²) in [5, 5.41) is 0. The number of rotatable bonds is 3. The first kappa shape index (κ1) is 20.3. The molecule has 0 N–H and O–H groups in total. The first-order valence-electron chi connectivity index (χ1n) is 9.73. The first-order chi connectivity index (χ1) is 14.3. The summed E-state index contributed by atoms with van der Waals surface area (Å²) in [5.41, 5.74) is 1.43. The normalized spacial score (nSPS) is 21.2. The number of amides is 2. The van der Waals surface area contributed by atoms with Gasteiger partial charge < -0.3 is 9.80 Å². The Morgan fingerprint density at radius 1 is 1.00 bits per heavy atom. The fourth-order valence-electron chi connectivity index (χ4n) is 3.85. The molecule has 0 aromatic heterocycles. The van der Waals surface area contributed by atoms with E-state index in [-0.39, 0.29) is 23.2 Å². The van der Waals surface area contributed by atoms with Gasteiger partial charge >= 0.3 is 0 Å². The van der Waals surface area contributed by atoms with Gasteiger partial charge in [0.05, 0.1) is 17.4 Å². The van der Waals surface area contributed by atoms with Gasteiger partial charge in [0, 0.05) is 37.4 Å². The minimum atomic E-state index is -3.72. The van der Waals surface area contributed by atoms with Crippen LogP contribution in [0.15, 0.2) is 48.5 Å². The summed E-state index contributed by atoms with van der Waals surface area (Å²) in [6.07, 6.45) is 0. The molecule has 0 saturated carbocycles. The Labute approximate surface area is 174 Å². The molecule has 30 heavy (non-hydrogen) atoms. The summed E-state index contributed by atoms with van der Waals surface area (Å²) < 4.78 is 38.6. The van der Waals surface area contributed by atoms with Gasteiger partial charge in [0.25, 0.3) is 5.91 Å². The van der Waals surface area contributed by atoms with Crippen molar-refractivity contribution in [2.45, 2.75) is 6.92 Å². The lowest BCUT2D eigenvalue weighted by Gasteiger charge is -2.36. The number of benzene rings is 2. The van der Waals surface area contributed by atoms with Gasteiger partial charge in [-0.1, -0.05) is 13.0 Å². The number of piperazine rings is 1. The maximum absolute atomic E-state index is 13.1. The van der Waals surface area contributed by atoms with Gasteiger partial charge in [-0.25, -0.2) is 17.1 Å². The van der Waals surface area contributed by atoms with E-state index in [0.29, 0.717) is 31.7 Å². The second-order valence-corrected chi connectivity index (χ2v) is 9.45. The maximum atomic E-state index is 13.1. The monoisotopic (exact) mass is 431 g/mol. The van der Waals surface area contributed by atoms with Crippen LogP contribution in [0.2, 0.25) is 0 Å². The predicted octanol–water partition coefficient (Wildman–Crippen LogP) is 2.10. The van der Waals surface area contributed by atoms with Crippen LogP contribution in [-0.2, 0) is 14.8 Å². The van der Waals surface area contributed by atoms with Crippen molar-refractivity contribution in [3.8, 4) is 0 Å². The zero-order valence-electron chi connectivity index (χ0n) is 16.5. The molecule has 4 rings (SSSR count). The van der Waals surface area contributed by atoms with Crippen molar-refractivity contribution >= 4 is 33.2 Å². The Morgan fingerprint density at radius 3 is 2.27 bits per heavy atom. The fraction of sp³-hybridized carbons (Fsp3) is 0.333. The van der Waals surface area contributed by atoms with Crippen LogP contribution in [-0.4, -0.2) is 57.1 Å². The van der Waals surface area contributed by atoms with Gasteiger partial charge in [-0.05, 0) is 42.5 Å². The highest BCUT2D eigenvalue weighted by molar-refractivity contribution is 7.94. The molecule has 1 atom stereocenters. The summed E-state index contributed by atoms with van der Waals surface area (Å²) in [7, 11) is -3.72. The summed E-state index contributed by atoms with van der Waals surface area (Å²) in [5.74, 6) is -1.82. The number of carbonyl (C=O) groups is 2. The van der Waals surface area contributed by atoms with Crippen LogP contribution < -0.4 is 9.21 Å². The lowest BCUT2D eigenvalue weighted by Crippen LogP contribution is -2.48. The molecule has 2 aliphatic rings. The largest absolute Gasteiger partial charge is 0.368 e. The number of sulfonamides is 1. The number of carbonyl (C=O) groups excluding carboxylic acids is 2. The molecule has 2 aliphatic heterocycles. The van der Waals surface area contributed by atoms with Gasteiger partial charge in [0.1, 0.15) is 5.82 Å². The standard InChI is InChI=1S/C21H22FN3O4S/c1-15-14-30(28,29)25(20(15)26)19-4-2-3-16(13-19)21(27)24-11-9-23(10-12-24)18-7-5-17(22)6-8-18/h2-8,13,15H,9-12,14H2,1H3/t15-/m0/s1. The Morgan fingerprint density at radius 2 is 1.67 bits per heavy atom. The van der Waals surface area contributed by atoms with Crippen molar-refractivity contribution in [1.29, 1.82) is 0 Å². The number of halogens is 1. The molecule has 2 amide bonds. The number of hydrogen-bond acceptors (Lipinski definition) is 5. The molecule has 2 heterocycles. The van der Waals surface area contributed by atoms with E-state index in [4.69, 9.17) is 0 Å². The Hall–Kier alpha value is -2.94. The van der Waals surface area contributed by atoms with Crippen LogP contribution in [0.25, 0.3) is 0 Å². The zero-order chi connectivity index (χ0) is 21.5. The number of hydrogen-bond donors (Lipinski definition) is 0. The highest BCUT2D eigenvalue weighted by atomic mass is 32.2. The summed E-state index contributed by atoms with van der Waals surface area (Å²) in [6.45, 7) is 3.76. The van der Waals surface area contributed by atoms with Gasteiger partial charge in [-0.3, -0.25) is 9.59 Å². The lowest BCUT2D eigenvalue weighted by molar-refractivity contribution is -0.119. The zero-order valence-corrected chi connectivity index (χ0v) is 17.3. The molecule has 0 spiro atoms. The average Bonchev–Trinajstić information content (AvgIpc) is 2.94. The Bertz CT molecular complexity index is 1080. The van der Waals surface area contributed by atoms with Crippen LogP contribution in [0, 0.1) is 11.7 Å². The van der Waals surface area contributed by atoms with Crippen molar-refractivity contribution in [2.75, 3.05) is 41.1 Å². The highest BCUT2D eigenvalue weighted by Gasteiger charge is 2.42. The van der Waals surface area contributed by atoms with Crippen molar-refractivity contribution in [2.24, 2.45) is 5.92 Å². The molecule has 0 bridgehead atoms. The molecular formula is C21H22FN3O4S. The predicted molar refractivity (Wildman–Crippen MR) is 111 cm³/mol. The smallest absolute Gasteiger partial charge is 0.254 e. The van der Waals surface area contributed by atoms with Crippen molar-refractivity contribution in [3.63, 3.8) is 0 Å². The quantitative estimate of drug-likeness (QED) is 0.744. The van der Waals surface area contributed by atoms with E-state index < -0.39 is 21.8 Å². The van der Waals surface area contributed by atoms with E-state index in [1.165, 1.54) is 24.3 Å². The minimum Gasteiger partial charge on any atom is -0.368 e. The molecule has 0 unspecified atom stereocenters. The van der Waals surface area contributed by atoms with Gasteiger partial charge in [-0.15, -0.1) is 0 Å². The van der Waals surface area contributed by atoms with Crippen molar-refractivity contribution < 1.29 is 22.4 Å². The summed E-state index contributed by atoms with van der Waals surface area (Å²) >= 11 is 0. The Balaban J connectivity index is 1.48. The molecule has 0 radical (unpaired) electrons. The first-order valence-corrected chi connectivity index (χ1v) is 11.3. The summed E-state index contributed by atoms with van der Waals surface area (Å²) in [4.78, 5) is 29.1. The van der Waals surface area contributed by atoms with E-state index in [2.05, 4.69) is 4.90 Å². The highest BCUT2D eigenvalue weighted by Crippen LogP contribution is 2.29. The van der Waals surface area contributed by atoms with Crippen LogP contribution in [0.1, 0.15) is 17.3 Å². The fourth-order valence-corrected chi connectivity index (χ4v) is 5.67. The van der Waals surface area contributed by atoms with E-state index in [0.717, 1.165) is 9.99 Å². The molecular weight excluding hydrogens is 409 g/mol. The third-order valence-electron chi connectivity index (χ3n) is 5.45. The SMILES string of the molecule is C[C@H]1CS(=O)(=O)N(c2cccc(C(=O)N3CCN(c4ccc(F)cc4)CC3)c2)C1=O. The van der Waals surface area contributed by atoms with Crippen LogP contribution >= 0.6 is 0 Å². The van der Waals surface area contributed by atoms with Crippen LogP contribution in [0.3, 0.4) is 0 Å². The van der Waals surface area contributed by atoms with E-state index in [1.807, 2.05) is 0 Å².